The molecule has 4 heterocycles. The summed E-state index contributed by atoms with van der Waals surface area (Å²) in [6, 6.07) is 9.47. The molecule has 30 heavy (non-hydrogen) atoms. The maximum Gasteiger partial charge on any atom is 0.254 e. The normalized spacial score (nSPS) is 20.4. The zero-order valence-electron chi connectivity index (χ0n) is 15.9. The predicted octanol–water partition coefficient (Wildman–Crippen LogP) is 1.85. The number of fused-ring (bicyclic) bond motifs is 1. The number of carbonyl (C=O) groups excluding carboxylic acids is 2. The van der Waals surface area contributed by atoms with Crippen molar-refractivity contribution in [2.45, 2.75) is 19.0 Å². The van der Waals surface area contributed by atoms with Gasteiger partial charge in [-0.3, -0.25) is 14.9 Å². The first kappa shape index (κ1) is 18.2. The molecule has 0 saturated carbocycles. The van der Waals surface area contributed by atoms with E-state index in [0.717, 1.165) is 5.69 Å². The lowest BCUT2D eigenvalue weighted by Gasteiger charge is -2.17. The van der Waals surface area contributed by atoms with Crippen molar-refractivity contribution in [3.8, 4) is 0 Å². The molecule has 2 amide bonds. The maximum absolute atomic E-state index is 13.8. The number of alkyl halides is 1. The highest BCUT2D eigenvalue weighted by Crippen LogP contribution is 2.25. The van der Waals surface area contributed by atoms with Gasteiger partial charge in [0.25, 0.3) is 5.91 Å². The van der Waals surface area contributed by atoms with Crippen molar-refractivity contribution in [3.05, 3.63) is 47.7 Å². The van der Waals surface area contributed by atoms with E-state index in [1.165, 1.54) is 4.52 Å². The summed E-state index contributed by atoms with van der Waals surface area (Å²) in [7, 11) is 0. The first-order chi connectivity index (χ1) is 14.6. The van der Waals surface area contributed by atoms with Crippen molar-refractivity contribution in [2.24, 2.45) is 0 Å². The third-order valence-corrected chi connectivity index (χ3v) is 5.05. The number of nitrogens with zero attached hydrogens (tertiary/aromatic N) is 5. The summed E-state index contributed by atoms with van der Waals surface area (Å²) in [6.07, 6.45) is 2.69. The Balaban J connectivity index is 1.61. The van der Waals surface area contributed by atoms with Crippen molar-refractivity contribution in [1.29, 1.82) is 0 Å². The van der Waals surface area contributed by atoms with Crippen LogP contribution in [0.2, 0.25) is 0 Å². The molecule has 0 spiro atoms. The van der Waals surface area contributed by atoms with E-state index in [4.69, 9.17) is 0 Å². The largest absolute Gasteiger partial charge is 0.338 e. The maximum atomic E-state index is 13.8. The Morgan fingerprint density at radius 1 is 1.20 bits per heavy atom. The highest BCUT2D eigenvalue weighted by Gasteiger charge is 2.27. The molecule has 2 aliphatic rings. The van der Waals surface area contributed by atoms with Crippen molar-refractivity contribution in [1.82, 2.24) is 24.9 Å². The van der Waals surface area contributed by atoms with Crippen molar-refractivity contribution in [2.75, 3.05) is 23.3 Å². The number of benzene rings is 1. The molecule has 0 unspecified atom stereocenters. The van der Waals surface area contributed by atoms with Crippen LogP contribution < -0.4 is 15.5 Å². The van der Waals surface area contributed by atoms with E-state index in [0.29, 0.717) is 41.6 Å². The fourth-order valence-electron chi connectivity index (χ4n) is 3.57. The van der Waals surface area contributed by atoms with Gasteiger partial charge in [0.1, 0.15) is 6.17 Å². The Hall–Kier alpha value is -3.82. The van der Waals surface area contributed by atoms with Gasteiger partial charge in [0, 0.05) is 23.4 Å². The zero-order chi connectivity index (χ0) is 20.7. The number of para-hydroxylation sites is 1. The third kappa shape index (κ3) is 3.36. The molecule has 2 fully saturated rings. The van der Waals surface area contributed by atoms with Gasteiger partial charge in [-0.05, 0) is 24.6 Å². The molecule has 10 heteroatoms. The number of amides is 2. The number of anilines is 3. The lowest BCUT2D eigenvalue weighted by atomic mass is 10.1. The highest BCUT2D eigenvalue weighted by atomic mass is 19.1. The van der Waals surface area contributed by atoms with Gasteiger partial charge in [0.15, 0.2) is 5.65 Å². The molecule has 0 radical (unpaired) electrons. The summed E-state index contributed by atoms with van der Waals surface area (Å²) in [4.78, 5) is 34.4. The molecule has 5 rings (SSSR count). The number of hydrogen-bond acceptors (Lipinski definition) is 7. The lowest BCUT2D eigenvalue weighted by molar-refractivity contribution is -0.124. The van der Waals surface area contributed by atoms with Gasteiger partial charge >= 0.3 is 0 Å². The van der Waals surface area contributed by atoms with E-state index >= 15 is 0 Å². The second-order valence-corrected chi connectivity index (χ2v) is 7.23. The monoisotopic (exact) mass is 407 g/mol. The van der Waals surface area contributed by atoms with Crippen LogP contribution >= 0.6 is 0 Å². The van der Waals surface area contributed by atoms with Crippen LogP contribution in [0, 0.1) is 0 Å². The smallest absolute Gasteiger partial charge is 0.254 e. The molecule has 9 nitrogen and oxygen atoms in total. The SMILES string of the molecule is O=C1C/C(=C\c2cnn3c(Nc4ccccc4)nc(N4CC[C@H](F)C4)nc23)C(=O)N1. The van der Waals surface area contributed by atoms with E-state index in [9.17, 15) is 14.0 Å². The van der Waals surface area contributed by atoms with Crippen LogP contribution in [0.1, 0.15) is 18.4 Å². The molecule has 0 aliphatic carbocycles. The fourth-order valence-corrected chi connectivity index (χ4v) is 3.57. The van der Waals surface area contributed by atoms with Gasteiger partial charge < -0.3 is 10.2 Å². The molecule has 2 N–H and O–H groups in total. The minimum Gasteiger partial charge on any atom is -0.338 e. The summed E-state index contributed by atoms with van der Waals surface area (Å²) in [5, 5.41) is 9.84. The number of rotatable bonds is 4. The Morgan fingerprint density at radius 3 is 2.73 bits per heavy atom. The Labute approximate surface area is 170 Å². The van der Waals surface area contributed by atoms with Gasteiger partial charge in [-0.2, -0.15) is 19.6 Å². The molecular formula is C20H18FN7O2. The first-order valence-electron chi connectivity index (χ1n) is 9.58. The van der Waals surface area contributed by atoms with Gasteiger partial charge in [-0.25, -0.2) is 4.39 Å². The van der Waals surface area contributed by atoms with Crippen molar-refractivity contribution < 1.29 is 14.0 Å². The summed E-state index contributed by atoms with van der Waals surface area (Å²) in [6.45, 7) is 0.742. The summed E-state index contributed by atoms with van der Waals surface area (Å²) in [5.41, 5.74) is 2.19. The van der Waals surface area contributed by atoms with Gasteiger partial charge in [-0.1, -0.05) is 18.2 Å². The fraction of sp³-hybridized carbons (Fsp3) is 0.250. The number of hydrogen-bond donors (Lipinski definition) is 2. The van der Waals surface area contributed by atoms with Crippen LogP contribution in [0.4, 0.5) is 22.0 Å². The zero-order valence-corrected chi connectivity index (χ0v) is 15.9. The molecule has 2 aliphatic heterocycles. The van der Waals surface area contributed by atoms with Gasteiger partial charge in [-0.15, -0.1) is 0 Å². The van der Waals surface area contributed by atoms with Gasteiger partial charge in [0.2, 0.25) is 17.8 Å². The van der Waals surface area contributed by atoms with E-state index in [1.807, 2.05) is 30.3 Å². The number of halogens is 1. The number of nitrogens with one attached hydrogen (secondary N) is 2. The number of imide groups is 1. The van der Waals surface area contributed by atoms with E-state index < -0.39 is 12.1 Å². The second-order valence-electron chi connectivity index (χ2n) is 7.23. The minimum absolute atomic E-state index is 0.0128. The summed E-state index contributed by atoms with van der Waals surface area (Å²) in [5.74, 6) is 0.0416. The lowest BCUT2D eigenvalue weighted by Crippen LogP contribution is -2.23. The van der Waals surface area contributed by atoms with Crippen LogP contribution in [-0.4, -0.2) is 50.7 Å². The van der Waals surface area contributed by atoms with E-state index in [-0.39, 0.29) is 18.9 Å². The molecule has 0 bridgehead atoms. The first-order valence-corrected chi connectivity index (χ1v) is 9.58. The molecule has 1 aromatic carbocycles. The van der Waals surface area contributed by atoms with Crippen molar-refractivity contribution >= 4 is 41.1 Å². The second kappa shape index (κ2) is 7.21. The molecule has 3 aromatic rings. The van der Waals surface area contributed by atoms with E-state index in [2.05, 4.69) is 25.7 Å². The molecule has 2 aromatic heterocycles. The summed E-state index contributed by atoms with van der Waals surface area (Å²) >= 11 is 0. The van der Waals surface area contributed by atoms with Crippen LogP contribution in [0.5, 0.6) is 0 Å². The highest BCUT2D eigenvalue weighted by molar-refractivity contribution is 6.15. The summed E-state index contributed by atoms with van der Waals surface area (Å²) < 4.78 is 15.3. The average Bonchev–Trinajstić information content (AvgIpc) is 3.42. The number of aromatic nitrogens is 4. The van der Waals surface area contributed by atoms with Crippen LogP contribution in [-0.2, 0) is 9.59 Å². The quantitative estimate of drug-likeness (QED) is 0.502. The molecule has 2 saturated heterocycles. The van der Waals surface area contributed by atoms with Crippen LogP contribution in [0.15, 0.2) is 42.1 Å². The standard InChI is InChI=1S/C20H18FN7O2/c21-14-6-7-27(11-14)19-25-17-13(8-12-9-16(29)24-18(12)30)10-22-28(17)20(26-19)23-15-4-2-1-3-5-15/h1-5,8,10,14H,6-7,9,11H2,(H,23,25,26)(H,24,29,30)/b12-8+/t14-/m0/s1. The van der Waals surface area contributed by atoms with Crippen LogP contribution in [0.3, 0.4) is 0 Å². The minimum atomic E-state index is -0.921. The third-order valence-electron chi connectivity index (χ3n) is 5.05. The molecular weight excluding hydrogens is 389 g/mol. The predicted molar refractivity (Wildman–Crippen MR) is 108 cm³/mol. The Kier molecular flexibility index (Phi) is 4.38. The van der Waals surface area contributed by atoms with Crippen LogP contribution in [0.25, 0.3) is 11.7 Å². The molecule has 1 atom stereocenters. The Bertz CT molecular complexity index is 1170. The number of carbonyl (C=O) groups is 2. The average molecular weight is 407 g/mol. The van der Waals surface area contributed by atoms with E-state index in [1.54, 1.807) is 17.2 Å². The Morgan fingerprint density at radius 2 is 2.03 bits per heavy atom. The molecule has 152 valence electrons. The topological polar surface area (TPSA) is 105 Å². The van der Waals surface area contributed by atoms with Crippen molar-refractivity contribution in [3.63, 3.8) is 0 Å². The van der Waals surface area contributed by atoms with Gasteiger partial charge in [0.05, 0.1) is 19.2 Å².